The third kappa shape index (κ3) is 36.4. The summed E-state index contributed by atoms with van der Waals surface area (Å²) in [6.45, 7) is 5.60. The van der Waals surface area contributed by atoms with Crippen LogP contribution in [0.2, 0.25) is 0 Å². The molecule has 71 heavy (non-hydrogen) atoms. The van der Waals surface area contributed by atoms with Gasteiger partial charge in [0.2, 0.25) is 5.91 Å². The Balaban J connectivity index is 2.77. The van der Waals surface area contributed by atoms with E-state index in [2.05, 4.69) is 86.8 Å². The molecule has 408 valence electrons. The van der Waals surface area contributed by atoms with Crippen LogP contribution in [0.4, 0.5) is 0 Å². The van der Waals surface area contributed by atoms with E-state index in [0.717, 1.165) is 96.3 Å². The van der Waals surface area contributed by atoms with Gasteiger partial charge in [-0.2, -0.15) is 0 Å². The summed E-state index contributed by atoms with van der Waals surface area (Å²) in [5.74, 6) is -1.27. The van der Waals surface area contributed by atoms with E-state index >= 15 is 0 Å². The average Bonchev–Trinajstić information content (AvgIpc) is 3.37. The normalized spacial score (nSPS) is 20.3. The Labute approximate surface area is 432 Å². The number of aliphatic hydroxyl groups excluding tert-OH is 5. The van der Waals surface area contributed by atoms with E-state index < -0.39 is 67.4 Å². The number of hydrogen-bond donors (Lipinski definition) is 6. The topological polar surface area (TPSA) is 175 Å². The Kier molecular flexibility index (Phi) is 44.4. The highest BCUT2D eigenvalue weighted by Gasteiger charge is 2.47. The molecule has 1 aliphatic heterocycles. The van der Waals surface area contributed by atoms with Crippen LogP contribution < -0.4 is 5.32 Å². The molecule has 0 spiro atoms. The zero-order valence-electron chi connectivity index (χ0n) is 44.8. The molecule has 1 fully saturated rings. The fourth-order valence-corrected chi connectivity index (χ4v) is 8.27. The number of hydrogen-bond acceptors (Lipinski definition) is 10. The SMILES string of the molecule is CC/C=C\C/C=C\C/C=C\C/C=C\C/C=C\CCCC(=O)OC1C(OCC(NC(=O)C(O)CCCCCCCC/C=C\CCCCCC)C(O)/C=C/CCCCCCCCCCC)OC(CO)C(O)C1O. The van der Waals surface area contributed by atoms with Crippen LogP contribution in [0.25, 0.3) is 0 Å². The molecule has 11 heteroatoms. The minimum Gasteiger partial charge on any atom is -0.454 e. The molecule has 1 rings (SSSR count). The minimum absolute atomic E-state index is 0.0414. The number of nitrogens with one attached hydrogen (secondary N) is 1. The van der Waals surface area contributed by atoms with Gasteiger partial charge < -0.3 is 45.1 Å². The second kappa shape index (κ2) is 47.8. The first-order valence-electron chi connectivity index (χ1n) is 28.4. The second-order valence-corrected chi connectivity index (χ2v) is 19.3. The van der Waals surface area contributed by atoms with Crippen molar-refractivity contribution in [3.63, 3.8) is 0 Å². The van der Waals surface area contributed by atoms with Crippen LogP contribution in [0, 0.1) is 0 Å². The van der Waals surface area contributed by atoms with Crippen LogP contribution in [0.3, 0.4) is 0 Å². The highest BCUT2D eigenvalue weighted by molar-refractivity contribution is 5.80. The summed E-state index contributed by atoms with van der Waals surface area (Å²) in [6, 6.07) is -1.04. The number of unbranched alkanes of at least 4 members (excludes halogenated alkanes) is 20. The fourth-order valence-electron chi connectivity index (χ4n) is 8.27. The number of rotatable bonds is 46. The fraction of sp³-hybridized carbons (Fsp3) is 0.733. The molecule has 8 unspecified atom stereocenters. The molecule has 11 nitrogen and oxygen atoms in total. The molecule has 0 aliphatic carbocycles. The Hall–Kier alpha value is -3.16. The van der Waals surface area contributed by atoms with Crippen molar-refractivity contribution in [2.45, 2.75) is 269 Å². The van der Waals surface area contributed by atoms with Gasteiger partial charge in [-0.05, 0) is 89.9 Å². The molecule has 0 radical (unpaired) electrons. The monoisotopic (exact) mass is 998 g/mol. The van der Waals surface area contributed by atoms with Gasteiger partial charge in [0.15, 0.2) is 12.4 Å². The molecule has 8 atom stereocenters. The van der Waals surface area contributed by atoms with E-state index in [-0.39, 0.29) is 19.4 Å². The molecule has 6 N–H and O–H groups in total. The van der Waals surface area contributed by atoms with Gasteiger partial charge in [-0.15, -0.1) is 0 Å². The van der Waals surface area contributed by atoms with Gasteiger partial charge in [-0.1, -0.05) is 209 Å². The highest BCUT2D eigenvalue weighted by Crippen LogP contribution is 2.26. The molecule has 1 heterocycles. The summed E-state index contributed by atoms with van der Waals surface area (Å²) in [7, 11) is 0. The smallest absolute Gasteiger partial charge is 0.306 e. The summed E-state index contributed by atoms with van der Waals surface area (Å²) >= 11 is 0. The van der Waals surface area contributed by atoms with Crippen molar-refractivity contribution in [2.24, 2.45) is 0 Å². The third-order valence-corrected chi connectivity index (χ3v) is 12.8. The van der Waals surface area contributed by atoms with Crippen LogP contribution >= 0.6 is 0 Å². The molecule has 0 saturated carbocycles. The minimum atomic E-state index is -1.64. The van der Waals surface area contributed by atoms with E-state index in [1.165, 1.54) is 70.6 Å². The average molecular weight is 998 g/mol. The molecule has 0 aromatic carbocycles. The van der Waals surface area contributed by atoms with E-state index in [9.17, 15) is 35.1 Å². The number of ether oxygens (including phenoxy) is 3. The van der Waals surface area contributed by atoms with Crippen molar-refractivity contribution in [1.82, 2.24) is 5.32 Å². The van der Waals surface area contributed by atoms with Crippen molar-refractivity contribution in [3.05, 3.63) is 85.1 Å². The van der Waals surface area contributed by atoms with Crippen molar-refractivity contribution >= 4 is 11.9 Å². The molecule has 0 aromatic heterocycles. The van der Waals surface area contributed by atoms with Crippen LogP contribution in [-0.2, 0) is 23.8 Å². The maximum absolute atomic E-state index is 13.4. The number of aliphatic hydroxyl groups is 5. The quantitative estimate of drug-likeness (QED) is 0.0196. The predicted molar refractivity (Wildman–Crippen MR) is 292 cm³/mol. The molecule has 0 aromatic rings. The highest BCUT2D eigenvalue weighted by atomic mass is 16.7. The van der Waals surface area contributed by atoms with Crippen LogP contribution in [-0.4, -0.2) is 99.6 Å². The number of carbonyl (C=O) groups is 2. The first-order valence-corrected chi connectivity index (χ1v) is 28.4. The van der Waals surface area contributed by atoms with Gasteiger partial charge in [-0.3, -0.25) is 9.59 Å². The zero-order valence-corrected chi connectivity index (χ0v) is 44.8. The standard InChI is InChI=1S/C60H103NO10/c1-4-7-10-13-16-19-22-24-26-27-28-30-33-36-39-42-45-48-55(65)71-58-57(67)56(66)54(49-62)70-60(58)69-50-51(52(63)46-43-40-37-34-31-21-18-15-12-9-6-3)61-59(68)53(64)47-44-41-38-35-32-29-25-23-20-17-14-11-8-5-2/h7,10,16,19-20,23-24,26,28,30,36,39,43,46,51-54,56-58,60,62-64,66-67H,4-6,8-9,11-15,17-18,21-22,25,27,29,31-35,37-38,40-42,44-45,47-50H2,1-3H3,(H,61,68)/b10-7-,19-16-,23-20-,26-24-,30-28-,39-36-,46-43+. The van der Waals surface area contributed by atoms with Gasteiger partial charge in [-0.25, -0.2) is 0 Å². The van der Waals surface area contributed by atoms with E-state index in [1.807, 2.05) is 18.2 Å². The van der Waals surface area contributed by atoms with Crippen molar-refractivity contribution in [2.75, 3.05) is 13.2 Å². The third-order valence-electron chi connectivity index (χ3n) is 12.8. The summed E-state index contributed by atoms with van der Waals surface area (Å²) in [5.41, 5.74) is 0. The van der Waals surface area contributed by atoms with E-state index in [1.54, 1.807) is 6.08 Å². The molecule has 1 saturated heterocycles. The molecule has 1 amide bonds. The van der Waals surface area contributed by atoms with Crippen LogP contribution in [0.15, 0.2) is 85.1 Å². The first kappa shape index (κ1) is 65.9. The number of carbonyl (C=O) groups excluding carboxylic acids is 2. The molecule has 1 aliphatic rings. The molecular weight excluding hydrogens is 895 g/mol. The summed E-state index contributed by atoms with van der Waals surface area (Å²) in [4.78, 5) is 26.4. The van der Waals surface area contributed by atoms with E-state index in [4.69, 9.17) is 14.2 Å². The van der Waals surface area contributed by atoms with Crippen molar-refractivity contribution in [3.8, 4) is 0 Å². The van der Waals surface area contributed by atoms with Gasteiger partial charge >= 0.3 is 5.97 Å². The summed E-state index contributed by atoms with van der Waals surface area (Å²) in [6.07, 6.45) is 50.6. The largest absolute Gasteiger partial charge is 0.454 e. The predicted octanol–water partition coefficient (Wildman–Crippen LogP) is 12.6. The number of esters is 1. The lowest BCUT2D eigenvalue weighted by atomic mass is 9.99. The van der Waals surface area contributed by atoms with Gasteiger partial charge in [0.25, 0.3) is 0 Å². The molecule has 0 bridgehead atoms. The van der Waals surface area contributed by atoms with Crippen molar-refractivity contribution < 1.29 is 49.3 Å². The lowest BCUT2D eigenvalue weighted by Crippen LogP contribution is -2.61. The van der Waals surface area contributed by atoms with Gasteiger partial charge in [0.1, 0.15) is 24.4 Å². The lowest BCUT2D eigenvalue weighted by Gasteiger charge is -2.41. The Morgan fingerprint density at radius 2 is 1.01 bits per heavy atom. The molecular formula is C60H103NO10. The number of amides is 1. The van der Waals surface area contributed by atoms with Crippen LogP contribution in [0.1, 0.15) is 220 Å². The maximum Gasteiger partial charge on any atom is 0.306 e. The number of allylic oxidation sites excluding steroid dienone is 13. The first-order chi connectivity index (χ1) is 34.7. The zero-order chi connectivity index (χ0) is 51.8. The Morgan fingerprint density at radius 3 is 1.55 bits per heavy atom. The van der Waals surface area contributed by atoms with Gasteiger partial charge in [0, 0.05) is 6.42 Å². The second-order valence-electron chi connectivity index (χ2n) is 19.3. The van der Waals surface area contributed by atoms with E-state index in [0.29, 0.717) is 19.3 Å². The Bertz CT molecular complexity index is 1470. The summed E-state index contributed by atoms with van der Waals surface area (Å²) in [5, 5.41) is 56.7. The maximum atomic E-state index is 13.4. The van der Waals surface area contributed by atoms with Crippen LogP contribution in [0.5, 0.6) is 0 Å². The Morgan fingerprint density at radius 1 is 0.563 bits per heavy atom. The lowest BCUT2D eigenvalue weighted by molar-refractivity contribution is -0.305. The summed E-state index contributed by atoms with van der Waals surface area (Å²) < 4.78 is 17.5. The van der Waals surface area contributed by atoms with Crippen molar-refractivity contribution in [1.29, 1.82) is 0 Å². The van der Waals surface area contributed by atoms with Gasteiger partial charge in [0.05, 0.1) is 25.4 Å².